The van der Waals surface area contributed by atoms with E-state index in [0.717, 1.165) is 12.1 Å². The fourth-order valence-corrected chi connectivity index (χ4v) is 2.87. The van der Waals surface area contributed by atoms with Crippen molar-refractivity contribution in [1.82, 2.24) is 10.2 Å². The molecule has 2 heteroatoms. The summed E-state index contributed by atoms with van der Waals surface area (Å²) in [7, 11) is 0. The van der Waals surface area contributed by atoms with Crippen molar-refractivity contribution in [3.8, 4) is 0 Å². The van der Waals surface area contributed by atoms with Gasteiger partial charge in [-0.2, -0.15) is 0 Å². The molecule has 0 aromatic carbocycles. The molecule has 1 atom stereocenters. The van der Waals surface area contributed by atoms with E-state index in [1.807, 2.05) is 0 Å². The molecule has 2 nitrogen and oxygen atoms in total. The summed E-state index contributed by atoms with van der Waals surface area (Å²) in [6.45, 7) is 11.8. The van der Waals surface area contributed by atoms with Gasteiger partial charge in [-0.05, 0) is 46.1 Å². The first-order valence-corrected chi connectivity index (χ1v) is 7.18. The lowest BCUT2D eigenvalue weighted by Gasteiger charge is -2.38. The monoisotopic (exact) mass is 226 g/mol. The second-order valence-corrected chi connectivity index (χ2v) is 5.41. The lowest BCUT2D eigenvalue weighted by Crippen LogP contribution is -2.49. The number of hydrogen-bond acceptors (Lipinski definition) is 2. The molecule has 0 amide bonds. The maximum Gasteiger partial charge on any atom is 0.0195 e. The Morgan fingerprint density at radius 3 is 2.31 bits per heavy atom. The first-order valence-electron chi connectivity index (χ1n) is 7.18. The molecule has 1 aliphatic heterocycles. The minimum absolute atomic E-state index is 0.675. The second kappa shape index (κ2) is 7.29. The zero-order valence-corrected chi connectivity index (χ0v) is 11.6. The zero-order chi connectivity index (χ0) is 12.0. The lowest BCUT2D eigenvalue weighted by atomic mass is 10.0. The normalized spacial score (nSPS) is 22.3. The fourth-order valence-electron chi connectivity index (χ4n) is 2.87. The van der Waals surface area contributed by atoms with Gasteiger partial charge in [-0.3, -0.25) is 4.90 Å². The predicted molar refractivity (Wildman–Crippen MR) is 71.9 cm³/mol. The van der Waals surface area contributed by atoms with Gasteiger partial charge in [0.05, 0.1) is 0 Å². The van der Waals surface area contributed by atoms with Crippen LogP contribution in [0.3, 0.4) is 0 Å². The molecule has 1 saturated heterocycles. The van der Waals surface area contributed by atoms with Gasteiger partial charge in [0.15, 0.2) is 0 Å². The molecular weight excluding hydrogens is 196 g/mol. The largest absolute Gasteiger partial charge is 0.313 e. The van der Waals surface area contributed by atoms with Crippen molar-refractivity contribution in [3.63, 3.8) is 0 Å². The van der Waals surface area contributed by atoms with E-state index in [1.54, 1.807) is 0 Å². The van der Waals surface area contributed by atoms with Crippen LogP contribution in [0.4, 0.5) is 0 Å². The average Bonchev–Trinajstić information content (AvgIpc) is 2.30. The Bertz CT molecular complexity index is 170. The molecule has 16 heavy (non-hydrogen) atoms. The topological polar surface area (TPSA) is 15.3 Å². The minimum atomic E-state index is 0.675. The Morgan fingerprint density at radius 2 is 1.88 bits per heavy atom. The van der Waals surface area contributed by atoms with Crippen LogP contribution in [0.1, 0.15) is 59.8 Å². The fraction of sp³-hybridized carbons (Fsp3) is 1.00. The van der Waals surface area contributed by atoms with Gasteiger partial charge in [-0.1, -0.05) is 20.3 Å². The first-order chi connectivity index (χ1) is 7.69. The number of nitrogens with zero attached hydrogens (tertiary/aromatic N) is 1. The molecular formula is C14H30N2. The van der Waals surface area contributed by atoms with Crippen LogP contribution in [-0.4, -0.2) is 36.1 Å². The molecule has 0 radical (unpaired) electrons. The van der Waals surface area contributed by atoms with Gasteiger partial charge in [0.1, 0.15) is 0 Å². The van der Waals surface area contributed by atoms with Crippen molar-refractivity contribution in [2.75, 3.05) is 13.1 Å². The highest BCUT2D eigenvalue weighted by Crippen LogP contribution is 2.16. The van der Waals surface area contributed by atoms with E-state index >= 15 is 0 Å². The van der Waals surface area contributed by atoms with Gasteiger partial charge in [-0.15, -0.1) is 0 Å². The van der Waals surface area contributed by atoms with Crippen LogP contribution in [0.25, 0.3) is 0 Å². The maximum atomic E-state index is 3.67. The van der Waals surface area contributed by atoms with Crippen LogP contribution in [0.15, 0.2) is 0 Å². The van der Waals surface area contributed by atoms with E-state index in [-0.39, 0.29) is 0 Å². The van der Waals surface area contributed by atoms with Crippen molar-refractivity contribution >= 4 is 0 Å². The highest BCUT2D eigenvalue weighted by Gasteiger charge is 2.22. The van der Waals surface area contributed by atoms with Gasteiger partial charge >= 0.3 is 0 Å². The number of hydrogen-bond donors (Lipinski definition) is 1. The van der Waals surface area contributed by atoms with E-state index in [4.69, 9.17) is 0 Å². The second-order valence-electron chi connectivity index (χ2n) is 5.41. The highest BCUT2D eigenvalue weighted by molar-refractivity contribution is 4.81. The molecule has 96 valence electrons. The average molecular weight is 226 g/mol. The standard InChI is InChI=1S/C14H30N2/c1-5-14(6-2)16(12(3)4)11-13-9-7-8-10-15-13/h12-15H,5-11H2,1-4H3. The lowest BCUT2D eigenvalue weighted by molar-refractivity contribution is 0.121. The van der Waals surface area contributed by atoms with Crippen LogP contribution in [-0.2, 0) is 0 Å². The molecule has 1 rings (SSSR count). The Kier molecular flexibility index (Phi) is 6.37. The molecule has 1 unspecified atom stereocenters. The quantitative estimate of drug-likeness (QED) is 0.749. The molecule has 0 aliphatic carbocycles. The van der Waals surface area contributed by atoms with Crippen LogP contribution in [0, 0.1) is 0 Å². The summed E-state index contributed by atoms with van der Waals surface area (Å²) >= 11 is 0. The summed E-state index contributed by atoms with van der Waals surface area (Å²) in [6.07, 6.45) is 6.70. The molecule has 0 aromatic heterocycles. The van der Waals surface area contributed by atoms with E-state index in [1.165, 1.54) is 45.2 Å². The Labute approximate surface area is 102 Å². The summed E-state index contributed by atoms with van der Waals surface area (Å²) in [4.78, 5) is 2.70. The van der Waals surface area contributed by atoms with Crippen molar-refractivity contribution in [2.24, 2.45) is 0 Å². The Hall–Kier alpha value is -0.0800. The van der Waals surface area contributed by atoms with Gasteiger partial charge in [0.25, 0.3) is 0 Å². The number of piperidine rings is 1. The summed E-state index contributed by atoms with van der Waals surface area (Å²) in [6, 6.07) is 2.18. The molecule has 1 heterocycles. The summed E-state index contributed by atoms with van der Waals surface area (Å²) in [5.41, 5.74) is 0. The molecule has 0 aromatic rings. The Morgan fingerprint density at radius 1 is 1.19 bits per heavy atom. The first kappa shape index (κ1) is 14.0. The highest BCUT2D eigenvalue weighted by atomic mass is 15.2. The van der Waals surface area contributed by atoms with Gasteiger partial charge in [0.2, 0.25) is 0 Å². The summed E-state index contributed by atoms with van der Waals surface area (Å²) in [5, 5.41) is 3.67. The Balaban J connectivity index is 2.48. The van der Waals surface area contributed by atoms with E-state index < -0.39 is 0 Å². The van der Waals surface area contributed by atoms with E-state index in [2.05, 4.69) is 37.9 Å². The maximum absolute atomic E-state index is 3.67. The third-order valence-electron chi connectivity index (χ3n) is 3.92. The number of nitrogens with one attached hydrogen (secondary N) is 1. The predicted octanol–water partition coefficient (Wildman–Crippen LogP) is 3.03. The van der Waals surface area contributed by atoms with Crippen LogP contribution in [0.5, 0.6) is 0 Å². The zero-order valence-electron chi connectivity index (χ0n) is 11.6. The van der Waals surface area contributed by atoms with Crippen molar-refractivity contribution in [3.05, 3.63) is 0 Å². The van der Waals surface area contributed by atoms with Crippen LogP contribution in [0.2, 0.25) is 0 Å². The molecule has 1 aliphatic rings. The van der Waals surface area contributed by atoms with Crippen molar-refractivity contribution in [2.45, 2.75) is 77.9 Å². The molecule has 0 spiro atoms. The molecule has 1 N–H and O–H groups in total. The third-order valence-corrected chi connectivity index (χ3v) is 3.92. The van der Waals surface area contributed by atoms with Gasteiger partial charge in [-0.25, -0.2) is 0 Å². The van der Waals surface area contributed by atoms with Crippen LogP contribution >= 0.6 is 0 Å². The molecule has 0 saturated carbocycles. The number of rotatable bonds is 6. The molecule has 0 bridgehead atoms. The van der Waals surface area contributed by atoms with Gasteiger partial charge in [0, 0.05) is 24.7 Å². The van der Waals surface area contributed by atoms with Crippen LogP contribution < -0.4 is 5.32 Å². The molecule has 1 fully saturated rings. The minimum Gasteiger partial charge on any atom is -0.313 e. The van der Waals surface area contributed by atoms with Crippen molar-refractivity contribution < 1.29 is 0 Å². The SMILES string of the molecule is CCC(CC)N(CC1CCCCN1)C(C)C. The van der Waals surface area contributed by atoms with Gasteiger partial charge < -0.3 is 5.32 Å². The van der Waals surface area contributed by atoms with E-state index in [0.29, 0.717) is 6.04 Å². The third kappa shape index (κ3) is 4.06. The van der Waals surface area contributed by atoms with Crippen molar-refractivity contribution in [1.29, 1.82) is 0 Å². The van der Waals surface area contributed by atoms with E-state index in [9.17, 15) is 0 Å². The summed E-state index contributed by atoms with van der Waals surface area (Å²) < 4.78 is 0. The smallest absolute Gasteiger partial charge is 0.0195 e. The summed E-state index contributed by atoms with van der Waals surface area (Å²) in [5.74, 6) is 0.